The summed E-state index contributed by atoms with van der Waals surface area (Å²) in [6, 6.07) is 37.1. The smallest absolute Gasteiger partial charge is 0.0456 e. The number of unbranched alkanes of at least 4 members (excludes halogenated alkanes) is 8. The molecule has 0 fully saturated rings. The van der Waals surface area contributed by atoms with Crippen molar-refractivity contribution in [2.24, 2.45) is 0 Å². The van der Waals surface area contributed by atoms with E-state index in [0.29, 0.717) is 0 Å². The summed E-state index contributed by atoms with van der Waals surface area (Å²) in [4.78, 5) is 15.0. The third-order valence-corrected chi connectivity index (χ3v) is 12.8. The first-order valence-corrected chi connectivity index (χ1v) is 26.8. The molecule has 0 atom stereocenters. The third kappa shape index (κ3) is 17.8. The molecule has 362 valence electrons. The summed E-state index contributed by atoms with van der Waals surface area (Å²) < 4.78 is 0. The standard InChI is InChI=1S/C60H92N6/c1-9-17-43-61(44-18-10-2)53-27-35-57(36-28-53)65(58-37-29-54(30-38-58)62(45-19-11-3)46-20-12-4)51-25-26-52-66(59-39-31-55(32-40-59)63(47-21-13-5)48-22-14-6)60-41-33-56(34-42-60)64(49-23-15-7)50-24-16-8/h25-42,51-52H,9-24,43-50H2,1-8H3/b51-25+,52-26+. The summed E-state index contributed by atoms with van der Waals surface area (Å²) in [6.07, 6.45) is 28.2. The zero-order valence-corrected chi connectivity index (χ0v) is 43.2. The number of benzene rings is 4. The molecule has 0 saturated heterocycles. The van der Waals surface area contributed by atoms with Crippen LogP contribution in [-0.4, -0.2) is 52.4 Å². The maximum Gasteiger partial charge on any atom is 0.0456 e. The zero-order valence-electron chi connectivity index (χ0n) is 43.2. The fourth-order valence-corrected chi connectivity index (χ4v) is 8.48. The van der Waals surface area contributed by atoms with Gasteiger partial charge in [0.25, 0.3) is 0 Å². The number of nitrogens with zero attached hydrogens (tertiary/aromatic N) is 6. The van der Waals surface area contributed by atoms with Crippen LogP contribution in [0.5, 0.6) is 0 Å². The number of hydrogen-bond donors (Lipinski definition) is 0. The van der Waals surface area contributed by atoms with Crippen LogP contribution in [0.4, 0.5) is 45.5 Å². The molecule has 0 aliphatic heterocycles. The van der Waals surface area contributed by atoms with E-state index in [0.717, 1.165) is 75.1 Å². The average molecular weight is 897 g/mol. The molecule has 0 amide bonds. The predicted octanol–water partition coefficient (Wildman–Crippen LogP) is 17.3. The molecule has 0 N–H and O–H groups in total. The second kappa shape index (κ2) is 32.0. The van der Waals surface area contributed by atoms with Crippen LogP contribution in [0.1, 0.15) is 158 Å². The number of allylic oxidation sites excluding steroid dienone is 2. The molecule has 0 aromatic heterocycles. The lowest BCUT2D eigenvalue weighted by Gasteiger charge is -2.28. The summed E-state index contributed by atoms with van der Waals surface area (Å²) in [5, 5.41) is 0. The van der Waals surface area contributed by atoms with E-state index >= 15 is 0 Å². The minimum absolute atomic E-state index is 1.10. The second-order valence-electron chi connectivity index (χ2n) is 18.3. The monoisotopic (exact) mass is 897 g/mol. The van der Waals surface area contributed by atoms with Gasteiger partial charge in [0, 0.05) is 110 Å². The molecule has 0 unspecified atom stereocenters. The maximum atomic E-state index is 2.57. The van der Waals surface area contributed by atoms with Crippen molar-refractivity contribution in [2.75, 3.05) is 81.8 Å². The molecule has 0 radical (unpaired) electrons. The van der Waals surface area contributed by atoms with Crippen LogP contribution in [0.25, 0.3) is 0 Å². The highest BCUT2D eigenvalue weighted by atomic mass is 15.2. The van der Waals surface area contributed by atoms with Crippen molar-refractivity contribution >= 4 is 45.5 Å². The molecule has 4 aromatic carbocycles. The maximum absolute atomic E-state index is 2.57. The van der Waals surface area contributed by atoms with E-state index in [4.69, 9.17) is 0 Å². The van der Waals surface area contributed by atoms with E-state index in [2.05, 4.69) is 206 Å². The normalized spacial score (nSPS) is 11.5. The van der Waals surface area contributed by atoms with E-state index in [1.54, 1.807) is 0 Å². The summed E-state index contributed by atoms with van der Waals surface area (Å²) in [7, 11) is 0. The molecule has 6 heteroatoms. The van der Waals surface area contributed by atoms with Crippen molar-refractivity contribution in [1.82, 2.24) is 0 Å². The quantitative estimate of drug-likeness (QED) is 0.0426. The number of anilines is 8. The van der Waals surface area contributed by atoms with Crippen LogP contribution in [0.2, 0.25) is 0 Å². The van der Waals surface area contributed by atoms with Crippen molar-refractivity contribution in [3.8, 4) is 0 Å². The molecule has 4 rings (SSSR count). The van der Waals surface area contributed by atoms with Crippen molar-refractivity contribution in [3.63, 3.8) is 0 Å². The summed E-state index contributed by atoms with van der Waals surface area (Å²) >= 11 is 0. The van der Waals surface area contributed by atoms with Gasteiger partial charge in [0.1, 0.15) is 0 Å². The molecule has 0 heterocycles. The first-order valence-electron chi connectivity index (χ1n) is 26.8. The lowest BCUT2D eigenvalue weighted by molar-refractivity contribution is 0.678. The van der Waals surface area contributed by atoms with Gasteiger partial charge in [-0.3, -0.25) is 0 Å². The van der Waals surface area contributed by atoms with E-state index in [1.165, 1.54) is 125 Å². The van der Waals surface area contributed by atoms with Crippen LogP contribution in [0, 0.1) is 0 Å². The molecule has 4 aromatic rings. The van der Waals surface area contributed by atoms with Crippen LogP contribution < -0.4 is 29.4 Å². The van der Waals surface area contributed by atoms with Gasteiger partial charge in [0.2, 0.25) is 0 Å². The van der Waals surface area contributed by atoms with Gasteiger partial charge < -0.3 is 29.4 Å². The molecule has 0 spiro atoms. The van der Waals surface area contributed by atoms with Gasteiger partial charge in [-0.05, 0) is 161 Å². The highest BCUT2D eigenvalue weighted by Crippen LogP contribution is 2.33. The predicted molar refractivity (Wildman–Crippen MR) is 296 cm³/mol. The Morgan fingerprint density at radius 1 is 0.242 bits per heavy atom. The van der Waals surface area contributed by atoms with Crippen LogP contribution in [-0.2, 0) is 0 Å². The Morgan fingerprint density at radius 2 is 0.394 bits per heavy atom. The molecular weight excluding hydrogens is 805 g/mol. The number of rotatable bonds is 35. The van der Waals surface area contributed by atoms with Crippen molar-refractivity contribution in [2.45, 2.75) is 158 Å². The molecular formula is C60H92N6. The van der Waals surface area contributed by atoms with Gasteiger partial charge in [-0.25, -0.2) is 0 Å². The zero-order chi connectivity index (χ0) is 47.2. The Bertz CT molecular complexity index is 1570. The molecule has 0 aliphatic rings. The lowest BCUT2D eigenvalue weighted by atomic mass is 10.1. The summed E-state index contributed by atoms with van der Waals surface area (Å²) in [5.74, 6) is 0. The largest absolute Gasteiger partial charge is 0.372 e. The van der Waals surface area contributed by atoms with Crippen LogP contribution >= 0.6 is 0 Å². The van der Waals surface area contributed by atoms with Gasteiger partial charge >= 0.3 is 0 Å². The van der Waals surface area contributed by atoms with Crippen molar-refractivity contribution in [1.29, 1.82) is 0 Å². The molecule has 6 nitrogen and oxygen atoms in total. The topological polar surface area (TPSA) is 19.4 Å². The van der Waals surface area contributed by atoms with Crippen LogP contribution in [0.15, 0.2) is 122 Å². The molecule has 0 aliphatic carbocycles. The van der Waals surface area contributed by atoms with Crippen molar-refractivity contribution < 1.29 is 0 Å². The highest BCUT2D eigenvalue weighted by molar-refractivity contribution is 5.72. The van der Waals surface area contributed by atoms with Gasteiger partial charge in [-0.15, -0.1) is 0 Å². The van der Waals surface area contributed by atoms with E-state index in [-0.39, 0.29) is 0 Å². The average Bonchev–Trinajstić information content (AvgIpc) is 3.36. The minimum atomic E-state index is 1.10. The second-order valence-corrected chi connectivity index (χ2v) is 18.3. The lowest BCUT2D eigenvalue weighted by Crippen LogP contribution is -2.25. The molecule has 66 heavy (non-hydrogen) atoms. The Morgan fingerprint density at radius 3 is 0.545 bits per heavy atom. The highest BCUT2D eigenvalue weighted by Gasteiger charge is 2.14. The van der Waals surface area contributed by atoms with Gasteiger partial charge in [-0.2, -0.15) is 0 Å². The van der Waals surface area contributed by atoms with E-state index < -0.39 is 0 Å². The fourth-order valence-electron chi connectivity index (χ4n) is 8.48. The Hall–Kier alpha value is -4.84. The Balaban J connectivity index is 1.74. The summed E-state index contributed by atoms with van der Waals surface area (Å²) in [5.41, 5.74) is 9.88. The third-order valence-electron chi connectivity index (χ3n) is 12.8. The van der Waals surface area contributed by atoms with E-state index in [1.807, 2.05) is 0 Å². The van der Waals surface area contributed by atoms with Gasteiger partial charge in [0.05, 0.1) is 0 Å². The first kappa shape index (κ1) is 53.8. The molecule has 0 saturated carbocycles. The number of hydrogen-bond acceptors (Lipinski definition) is 6. The summed E-state index contributed by atoms with van der Waals surface area (Å²) in [6.45, 7) is 27.1. The SMILES string of the molecule is CCCCN(CCCC)c1ccc(N(/C=C/C=C/N(c2ccc(N(CCCC)CCCC)cc2)c2ccc(N(CCCC)CCCC)cc2)c2ccc(N(CCCC)CCCC)cc2)cc1. The Labute approximate surface area is 405 Å². The van der Waals surface area contributed by atoms with Crippen LogP contribution in [0.3, 0.4) is 0 Å². The van der Waals surface area contributed by atoms with Gasteiger partial charge in [0.15, 0.2) is 0 Å². The Kier molecular flexibility index (Phi) is 26.0. The molecule has 0 bridgehead atoms. The first-order chi connectivity index (χ1) is 32.4. The minimum Gasteiger partial charge on any atom is -0.372 e. The fraction of sp³-hybridized carbons (Fsp3) is 0.533. The van der Waals surface area contributed by atoms with Gasteiger partial charge in [-0.1, -0.05) is 107 Å². The van der Waals surface area contributed by atoms with Crippen molar-refractivity contribution in [3.05, 3.63) is 122 Å². The van der Waals surface area contributed by atoms with E-state index in [9.17, 15) is 0 Å².